The number of rotatable bonds is 6. The molecule has 0 fully saturated rings. The molecular formula is C21H17N3O3S. The van der Waals surface area contributed by atoms with E-state index in [2.05, 4.69) is 4.98 Å². The van der Waals surface area contributed by atoms with E-state index in [1.165, 1.54) is 11.3 Å². The number of aromatic nitrogens is 2. The number of primary amides is 1. The quantitative estimate of drug-likeness (QED) is 0.547. The minimum atomic E-state index is -0.539. The van der Waals surface area contributed by atoms with Gasteiger partial charge in [0.25, 0.3) is 11.5 Å². The fourth-order valence-electron chi connectivity index (χ4n) is 2.90. The van der Waals surface area contributed by atoms with Gasteiger partial charge in [0.1, 0.15) is 10.6 Å². The summed E-state index contributed by atoms with van der Waals surface area (Å²) in [6.45, 7) is 0.167. The van der Waals surface area contributed by atoms with Gasteiger partial charge < -0.3 is 10.5 Å². The largest absolute Gasteiger partial charge is 0.484 e. The second-order valence-electron chi connectivity index (χ2n) is 6.28. The molecule has 4 aromatic rings. The molecule has 0 spiro atoms. The standard InChI is InChI=1S/C21H17N3O3S/c22-19(25)12-27-16-8-4-5-14(9-16)11-24-13-23-20-17(21(24)26)10-18(28-20)15-6-2-1-3-7-15/h1-10,13H,11-12H2,(H2,22,25). The number of thiophene rings is 1. The van der Waals surface area contributed by atoms with Gasteiger partial charge in [-0.3, -0.25) is 14.2 Å². The molecule has 2 aromatic heterocycles. The highest BCUT2D eigenvalue weighted by Crippen LogP contribution is 2.30. The van der Waals surface area contributed by atoms with Crippen molar-refractivity contribution in [1.82, 2.24) is 9.55 Å². The highest BCUT2D eigenvalue weighted by atomic mass is 32.1. The van der Waals surface area contributed by atoms with Crippen LogP contribution in [0.15, 0.2) is 71.8 Å². The molecule has 0 radical (unpaired) electrons. The summed E-state index contributed by atoms with van der Waals surface area (Å²) in [5, 5.41) is 0.604. The van der Waals surface area contributed by atoms with Crippen LogP contribution in [0.5, 0.6) is 5.75 Å². The molecule has 140 valence electrons. The minimum Gasteiger partial charge on any atom is -0.484 e. The summed E-state index contributed by atoms with van der Waals surface area (Å²) in [7, 11) is 0. The first-order chi connectivity index (χ1) is 13.6. The van der Waals surface area contributed by atoms with Crippen LogP contribution in [0.3, 0.4) is 0 Å². The van der Waals surface area contributed by atoms with Crippen LogP contribution in [-0.4, -0.2) is 22.1 Å². The maximum absolute atomic E-state index is 12.9. The molecule has 2 aromatic carbocycles. The third-order valence-electron chi connectivity index (χ3n) is 4.21. The number of carbonyl (C=O) groups is 1. The monoisotopic (exact) mass is 391 g/mol. The first-order valence-corrected chi connectivity index (χ1v) is 9.46. The van der Waals surface area contributed by atoms with Crippen molar-refractivity contribution in [2.45, 2.75) is 6.54 Å². The molecule has 7 heteroatoms. The number of benzene rings is 2. The Balaban J connectivity index is 1.63. The average Bonchev–Trinajstić information content (AvgIpc) is 3.15. The number of hydrogen-bond acceptors (Lipinski definition) is 5. The lowest BCUT2D eigenvalue weighted by atomic mass is 10.2. The van der Waals surface area contributed by atoms with Crippen molar-refractivity contribution in [3.63, 3.8) is 0 Å². The van der Waals surface area contributed by atoms with Gasteiger partial charge in [0, 0.05) is 4.88 Å². The molecule has 4 rings (SSSR count). The van der Waals surface area contributed by atoms with Crippen molar-refractivity contribution in [3.05, 3.63) is 82.9 Å². The summed E-state index contributed by atoms with van der Waals surface area (Å²) in [5.41, 5.74) is 6.94. The summed E-state index contributed by atoms with van der Waals surface area (Å²) < 4.78 is 6.89. The SMILES string of the molecule is NC(=O)COc1cccc(Cn2cnc3sc(-c4ccccc4)cc3c2=O)c1. The molecule has 2 heterocycles. The van der Waals surface area contributed by atoms with Crippen LogP contribution < -0.4 is 16.0 Å². The fourth-order valence-corrected chi connectivity index (χ4v) is 3.90. The van der Waals surface area contributed by atoms with E-state index >= 15 is 0 Å². The van der Waals surface area contributed by atoms with E-state index in [4.69, 9.17) is 10.5 Å². The first-order valence-electron chi connectivity index (χ1n) is 8.64. The van der Waals surface area contributed by atoms with Gasteiger partial charge in [0.15, 0.2) is 6.61 Å². The molecule has 28 heavy (non-hydrogen) atoms. The number of ether oxygens (including phenoxy) is 1. The van der Waals surface area contributed by atoms with Crippen LogP contribution in [0.1, 0.15) is 5.56 Å². The number of amides is 1. The number of nitrogens with two attached hydrogens (primary N) is 1. The zero-order chi connectivity index (χ0) is 19.5. The lowest BCUT2D eigenvalue weighted by Crippen LogP contribution is -2.21. The third kappa shape index (κ3) is 3.79. The van der Waals surface area contributed by atoms with Gasteiger partial charge >= 0.3 is 0 Å². The lowest BCUT2D eigenvalue weighted by Gasteiger charge is -2.08. The van der Waals surface area contributed by atoms with Gasteiger partial charge in [-0.15, -0.1) is 11.3 Å². The number of fused-ring (bicyclic) bond motifs is 1. The fraction of sp³-hybridized carbons (Fsp3) is 0.0952. The summed E-state index contributed by atoms with van der Waals surface area (Å²) in [4.78, 5) is 30.0. The zero-order valence-corrected chi connectivity index (χ0v) is 15.7. The Hall–Kier alpha value is -3.45. The van der Waals surface area contributed by atoms with Crippen molar-refractivity contribution in [2.75, 3.05) is 6.61 Å². The van der Waals surface area contributed by atoms with E-state index in [-0.39, 0.29) is 12.2 Å². The average molecular weight is 391 g/mol. The van der Waals surface area contributed by atoms with Crippen molar-refractivity contribution in [3.8, 4) is 16.2 Å². The molecule has 0 saturated carbocycles. The summed E-state index contributed by atoms with van der Waals surface area (Å²) in [5.74, 6) is -0.0109. The Bertz CT molecular complexity index is 1200. The number of nitrogens with zero attached hydrogens (tertiary/aromatic N) is 2. The third-order valence-corrected chi connectivity index (χ3v) is 5.30. The Morgan fingerprint density at radius 1 is 1.11 bits per heavy atom. The highest BCUT2D eigenvalue weighted by molar-refractivity contribution is 7.21. The van der Waals surface area contributed by atoms with Crippen molar-refractivity contribution < 1.29 is 9.53 Å². The van der Waals surface area contributed by atoms with Crippen molar-refractivity contribution in [1.29, 1.82) is 0 Å². The molecule has 0 atom stereocenters. The van der Waals surface area contributed by atoms with Gasteiger partial charge in [-0.25, -0.2) is 4.98 Å². The molecule has 2 N–H and O–H groups in total. The van der Waals surface area contributed by atoms with Gasteiger partial charge in [0.2, 0.25) is 0 Å². The Morgan fingerprint density at radius 3 is 2.71 bits per heavy atom. The van der Waals surface area contributed by atoms with Crippen LogP contribution >= 0.6 is 11.3 Å². The molecule has 1 amide bonds. The van der Waals surface area contributed by atoms with E-state index in [0.717, 1.165) is 20.8 Å². The molecule has 0 bridgehead atoms. The highest BCUT2D eigenvalue weighted by Gasteiger charge is 2.11. The molecule has 0 saturated heterocycles. The Kier molecular flexibility index (Phi) is 4.90. The second-order valence-corrected chi connectivity index (χ2v) is 7.31. The summed E-state index contributed by atoms with van der Waals surface area (Å²) in [6.07, 6.45) is 1.56. The second kappa shape index (κ2) is 7.66. The predicted octanol–water partition coefficient (Wildman–Crippen LogP) is 3.04. The molecule has 6 nitrogen and oxygen atoms in total. The van der Waals surface area contributed by atoms with Gasteiger partial charge in [-0.05, 0) is 29.3 Å². The van der Waals surface area contributed by atoms with Gasteiger partial charge in [-0.1, -0.05) is 42.5 Å². The zero-order valence-electron chi connectivity index (χ0n) is 14.9. The van der Waals surface area contributed by atoms with Crippen LogP contribution in [0.4, 0.5) is 0 Å². The Morgan fingerprint density at radius 2 is 1.93 bits per heavy atom. The van der Waals surface area contributed by atoms with Gasteiger partial charge in [0.05, 0.1) is 18.3 Å². The normalized spacial score (nSPS) is 10.9. The molecule has 0 aliphatic carbocycles. The maximum Gasteiger partial charge on any atom is 0.262 e. The number of hydrogen-bond donors (Lipinski definition) is 1. The first kappa shape index (κ1) is 17.9. The maximum atomic E-state index is 12.9. The van der Waals surface area contributed by atoms with Crippen LogP contribution in [0.2, 0.25) is 0 Å². The molecule has 0 aliphatic heterocycles. The number of carbonyl (C=O) groups excluding carboxylic acids is 1. The summed E-state index contributed by atoms with van der Waals surface area (Å²) >= 11 is 1.50. The van der Waals surface area contributed by atoms with E-state index in [9.17, 15) is 9.59 Å². The van der Waals surface area contributed by atoms with Crippen LogP contribution in [-0.2, 0) is 11.3 Å². The molecular weight excluding hydrogens is 374 g/mol. The van der Waals surface area contributed by atoms with E-state index in [0.29, 0.717) is 17.7 Å². The molecule has 0 unspecified atom stereocenters. The topological polar surface area (TPSA) is 87.2 Å². The molecule has 0 aliphatic rings. The summed E-state index contributed by atoms with van der Waals surface area (Å²) in [6, 6.07) is 19.0. The van der Waals surface area contributed by atoms with E-state index in [1.54, 1.807) is 29.1 Å². The Labute approximate surface area is 164 Å². The van der Waals surface area contributed by atoms with Crippen molar-refractivity contribution >= 4 is 27.5 Å². The van der Waals surface area contributed by atoms with E-state index < -0.39 is 5.91 Å². The predicted molar refractivity (Wildman–Crippen MR) is 110 cm³/mol. The van der Waals surface area contributed by atoms with Crippen LogP contribution in [0, 0.1) is 0 Å². The lowest BCUT2D eigenvalue weighted by molar-refractivity contribution is -0.119. The smallest absolute Gasteiger partial charge is 0.262 e. The van der Waals surface area contributed by atoms with Gasteiger partial charge in [-0.2, -0.15) is 0 Å². The van der Waals surface area contributed by atoms with Crippen molar-refractivity contribution in [2.24, 2.45) is 5.73 Å². The van der Waals surface area contributed by atoms with Crippen LogP contribution in [0.25, 0.3) is 20.7 Å². The minimum absolute atomic E-state index is 0.0908. The van der Waals surface area contributed by atoms with E-state index in [1.807, 2.05) is 42.5 Å².